The van der Waals surface area contributed by atoms with Crippen molar-refractivity contribution in [2.45, 2.75) is 18.5 Å². The van der Waals surface area contributed by atoms with Gasteiger partial charge in [-0.3, -0.25) is 14.5 Å². The summed E-state index contributed by atoms with van der Waals surface area (Å²) in [5.74, 6) is -1.77. The van der Waals surface area contributed by atoms with E-state index >= 15 is 0 Å². The van der Waals surface area contributed by atoms with Crippen LogP contribution in [0, 0.1) is 5.82 Å². The maximum Gasteiger partial charge on any atom is 0.239 e. The van der Waals surface area contributed by atoms with Crippen molar-refractivity contribution in [3.05, 3.63) is 65.9 Å². The Bertz CT molecular complexity index is 1370. The first-order valence-corrected chi connectivity index (χ1v) is 11.1. The van der Waals surface area contributed by atoms with Gasteiger partial charge in [0, 0.05) is 73.0 Å². The molecule has 3 N–H and O–H groups in total. The quantitative estimate of drug-likeness (QED) is 0.420. The summed E-state index contributed by atoms with van der Waals surface area (Å²) in [6.07, 6.45) is 5.45. The van der Waals surface area contributed by atoms with Crippen LogP contribution < -0.4 is 5.32 Å². The van der Waals surface area contributed by atoms with Crippen LogP contribution in [0.1, 0.15) is 17.0 Å². The number of halogens is 1. The average molecular weight is 446 g/mol. The number of aromatic nitrogens is 3. The second-order valence-electron chi connectivity index (χ2n) is 8.67. The second-order valence-corrected chi connectivity index (χ2v) is 8.67. The largest absolute Gasteiger partial charge is 0.361 e. The van der Waals surface area contributed by atoms with E-state index in [1.54, 1.807) is 29.4 Å². The number of carbonyl (C=O) groups excluding carboxylic acids is 2. The number of H-pyrrole nitrogens is 2. The zero-order valence-electron chi connectivity index (χ0n) is 17.8. The Balaban J connectivity index is 1.38. The Morgan fingerprint density at radius 2 is 1.88 bits per heavy atom. The van der Waals surface area contributed by atoms with E-state index in [1.165, 1.54) is 12.1 Å². The Labute approximate surface area is 188 Å². The van der Waals surface area contributed by atoms with Gasteiger partial charge in [-0.15, -0.1) is 0 Å². The summed E-state index contributed by atoms with van der Waals surface area (Å²) >= 11 is 0. The Morgan fingerprint density at radius 1 is 1.03 bits per heavy atom. The van der Waals surface area contributed by atoms with Crippen molar-refractivity contribution in [1.29, 1.82) is 0 Å². The molecule has 1 aromatic carbocycles. The first-order chi connectivity index (χ1) is 16.1. The van der Waals surface area contributed by atoms with Crippen LogP contribution in [0.2, 0.25) is 0 Å². The molecule has 0 aliphatic carbocycles. The molecule has 0 radical (unpaired) electrons. The molecule has 2 bridgehead atoms. The van der Waals surface area contributed by atoms with E-state index in [0.717, 1.165) is 21.9 Å². The summed E-state index contributed by atoms with van der Waals surface area (Å²) in [6, 6.07) is 8.33. The van der Waals surface area contributed by atoms with Gasteiger partial charge in [0.25, 0.3) is 0 Å². The minimum Gasteiger partial charge on any atom is -0.361 e. The van der Waals surface area contributed by atoms with Gasteiger partial charge in [-0.1, -0.05) is 0 Å². The number of nitrogens with one attached hydrogen (secondary N) is 3. The number of carbonyl (C=O) groups is 2. The molecular weight excluding hydrogens is 423 g/mol. The van der Waals surface area contributed by atoms with Crippen LogP contribution >= 0.6 is 0 Å². The fourth-order valence-corrected chi connectivity index (χ4v) is 5.09. The third-order valence-electron chi connectivity index (χ3n) is 6.82. The molecule has 3 aliphatic heterocycles. The molecule has 9 heteroatoms. The second kappa shape index (κ2) is 7.70. The molecule has 2 atom stereocenters. The molecule has 3 aromatic heterocycles. The molecule has 4 aromatic rings. The minimum absolute atomic E-state index is 0.188. The molecule has 33 heavy (non-hydrogen) atoms. The summed E-state index contributed by atoms with van der Waals surface area (Å²) in [6.45, 7) is 2.44. The molecule has 168 valence electrons. The Morgan fingerprint density at radius 3 is 2.73 bits per heavy atom. The number of pyridine rings is 1. The Kier molecular flexibility index (Phi) is 4.65. The third kappa shape index (κ3) is 3.36. The minimum atomic E-state index is -0.955. The molecule has 3 fully saturated rings. The summed E-state index contributed by atoms with van der Waals surface area (Å²) < 4.78 is 13.9. The van der Waals surface area contributed by atoms with E-state index in [4.69, 9.17) is 0 Å². The number of benzene rings is 1. The molecular formula is C24H23FN6O2. The number of hydrogen-bond acceptors (Lipinski definition) is 4. The van der Waals surface area contributed by atoms with E-state index in [0.29, 0.717) is 43.8 Å². The van der Waals surface area contributed by atoms with Gasteiger partial charge in [-0.05, 0) is 35.9 Å². The molecule has 8 nitrogen and oxygen atoms in total. The fraction of sp³-hybridized carbons (Fsp3) is 0.292. The van der Waals surface area contributed by atoms with Gasteiger partial charge in [0.1, 0.15) is 17.4 Å². The van der Waals surface area contributed by atoms with Crippen molar-refractivity contribution in [2.24, 2.45) is 0 Å². The number of nitrogens with zero attached hydrogens (tertiary/aromatic N) is 3. The molecule has 0 saturated carbocycles. The number of fused-ring (bicyclic) bond motifs is 8. The van der Waals surface area contributed by atoms with E-state index in [2.05, 4.69) is 25.2 Å². The molecule has 7 rings (SSSR count). The highest BCUT2D eigenvalue weighted by atomic mass is 19.1. The number of hydrogen-bond donors (Lipinski definition) is 3. The zero-order chi connectivity index (χ0) is 22.5. The molecule has 3 aliphatic rings. The standard InChI is InChI=1S/C24H23FN6O2/c25-15-3-4-19-17(11-15)14(12-27-19)10-20-29-23(32)21(24(33)31-8-6-30(20)7-9-31)18-13-28-22-16(18)2-1-5-26-22/h1-5,11-13,20-21,27H,6-10H2,(H,26,28)(H,29,32). The van der Waals surface area contributed by atoms with Crippen LogP contribution in [0.25, 0.3) is 21.9 Å². The molecule has 6 heterocycles. The van der Waals surface area contributed by atoms with Crippen molar-refractivity contribution in [2.75, 3.05) is 26.2 Å². The highest BCUT2D eigenvalue weighted by molar-refractivity contribution is 6.08. The number of aromatic amines is 2. The third-order valence-corrected chi connectivity index (χ3v) is 6.82. The van der Waals surface area contributed by atoms with Crippen molar-refractivity contribution in [3.8, 4) is 0 Å². The molecule has 2 unspecified atom stereocenters. The predicted molar refractivity (Wildman–Crippen MR) is 121 cm³/mol. The Hall–Kier alpha value is -3.72. The SMILES string of the molecule is O=C1NC(Cc2c[nH]c3ccc(F)cc23)N2CCN(CC2)C(=O)C1c1c[nH]c2ncccc12. The van der Waals surface area contributed by atoms with Gasteiger partial charge >= 0.3 is 0 Å². The van der Waals surface area contributed by atoms with Gasteiger partial charge < -0.3 is 20.2 Å². The summed E-state index contributed by atoms with van der Waals surface area (Å²) in [5, 5.41) is 4.71. The van der Waals surface area contributed by atoms with Crippen LogP contribution in [-0.4, -0.2) is 68.9 Å². The van der Waals surface area contributed by atoms with Gasteiger partial charge in [0.05, 0.1) is 6.17 Å². The first-order valence-electron chi connectivity index (χ1n) is 11.1. The fourth-order valence-electron chi connectivity index (χ4n) is 5.09. The first kappa shape index (κ1) is 19.9. The van der Waals surface area contributed by atoms with E-state index < -0.39 is 5.92 Å². The van der Waals surface area contributed by atoms with Gasteiger partial charge in [0.2, 0.25) is 11.8 Å². The molecule has 3 saturated heterocycles. The van der Waals surface area contributed by atoms with Crippen LogP contribution in [-0.2, 0) is 16.0 Å². The lowest BCUT2D eigenvalue weighted by molar-refractivity contribution is -0.138. The van der Waals surface area contributed by atoms with E-state index in [9.17, 15) is 14.0 Å². The van der Waals surface area contributed by atoms with Gasteiger partial charge in [0.15, 0.2) is 0 Å². The maximum absolute atomic E-state index is 13.9. The van der Waals surface area contributed by atoms with Gasteiger partial charge in [-0.2, -0.15) is 0 Å². The van der Waals surface area contributed by atoms with Gasteiger partial charge in [-0.25, -0.2) is 9.37 Å². The summed E-state index contributed by atoms with van der Waals surface area (Å²) in [5.41, 5.74) is 3.06. The van der Waals surface area contributed by atoms with Crippen molar-refractivity contribution in [3.63, 3.8) is 0 Å². The smallest absolute Gasteiger partial charge is 0.239 e. The lowest BCUT2D eigenvalue weighted by Gasteiger charge is -2.37. The van der Waals surface area contributed by atoms with Crippen LogP contribution in [0.5, 0.6) is 0 Å². The number of amides is 2. The lowest BCUT2D eigenvalue weighted by Crippen LogP contribution is -2.55. The topological polar surface area (TPSA) is 97.1 Å². The highest BCUT2D eigenvalue weighted by Crippen LogP contribution is 2.29. The predicted octanol–water partition coefficient (Wildman–Crippen LogP) is 2.11. The number of rotatable bonds is 3. The number of piperazine rings is 1. The highest BCUT2D eigenvalue weighted by Gasteiger charge is 2.40. The maximum atomic E-state index is 13.9. The van der Waals surface area contributed by atoms with E-state index in [1.807, 2.05) is 12.3 Å². The lowest BCUT2D eigenvalue weighted by atomic mass is 9.96. The van der Waals surface area contributed by atoms with Crippen LogP contribution in [0.4, 0.5) is 4.39 Å². The van der Waals surface area contributed by atoms with E-state index in [-0.39, 0.29) is 23.8 Å². The van der Waals surface area contributed by atoms with Crippen molar-refractivity contribution < 1.29 is 14.0 Å². The normalized spacial score (nSPS) is 23.5. The molecule has 2 amide bonds. The van der Waals surface area contributed by atoms with Crippen LogP contribution in [0.15, 0.2) is 48.9 Å². The zero-order valence-corrected chi connectivity index (χ0v) is 17.8. The summed E-state index contributed by atoms with van der Waals surface area (Å²) in [7, 11) is 0. The van der Waals surface area contributed by atoms with Crippen molar-refractivity contribution >= 4 is 33.8 Å². The summed E-state index contributed by atoms with van der Waals surface area (Å²) in [4.78, 5) is 41.6. The molecule has 0 spiro atoms. The average Bonchev–Trinajstić information content (AvgIpc) is 3.44. The monoisotopic (exact) mass is 446 g/mol. The van der Waals surface area contributed by atoms with Crippen LogP contribution in [0.3, 0.4) is 0 Å². The van der Waals surface area contributed by atoms with Crippen molar-refractivity contribution in [1.82, 2.24) is 30.1 Å².